The van der Waals surface area contributed by atoms with Crippen molar-refractivity contribution in [1.29, 1.82) is 0 Å². The normalized spacial score (nSPS) is 20.5. The van der Waals surface area contributed by atoms with Crippen LogP contribution in [0.3, 0.4) is 0 Å². The van der Waals surface area contributed by atoms with Gasteiger partial charge in [0.15, 0.2) is 0 Å². The van der Waals surface area contributed by atoms with Gasteiger partial charge < -0.3 is 5.32 Å². The summed E-state index contributed by atoms with van der Waals surface area (Å²) in [7, 11) is -2.74. The first-order valence-electron chi connectivity index (χ1n) is 6.10. The van der Waals surface area contributed by atoms with E-state index in [2.05, 4.69) is 24.4 Å². The fourth-order valence-corrected chi connectivity index (χ4v) is 4.45. The fourth-order valence-electron chi connectivity index (χ4n) is 2.05. The van der Waals surface area contributed by atoms with E-state index in [0.717, 1.165) is 25.8 Å². The van der Waals surface area contributed by atoms with Gasteiger partial charge in [0.25, 0.3) is 0 Å². The van der Waals surface area contributed by atoms with Crippen LogP contribution < -0.4 is 5.32 Å². The molecular weight excluding hydrogens is 254 g/mol. The van der Waals surface area contributed by atoms with E-state index in [0.29, 0.717) is 17.5 Å². The van der Waals surface area contributed by atoms with Crippen LogP contribution in [0.15, 0.2) is 12.1 Å². The second-order valence-electron chi connectivity index (χ2n) is 4.53. The maximum Gasteiger partial charge on any atom is 0.150 e. The van der Waals surface area contributed by atoms with Gasteiger partial charge in [-0.2, -0.15) is 0 Å². The summed E-state index contributed by atoms with van der Waals surface area (Å²) in [6.45, 7) is 3.03. The van der Waals surface area contributed by atoms with Gasteiger partial charge in [0.2, 0.25) is 0 Å². The Balaban J connectivity index is 1.79. The van der Waals surface area contributed by atoms with Crippen LogP contribution in [0.4, 0.5) is 0 Å². The number of thiophene rings is 1. The summed E-state index contributed by atoms with van der Waals surface area (Å²) in [6.07, 6.45) is 2.61. The lowest BCUT2D eigenvalue weighted by Crippen LogP contribution is -2.36. The molecule has 1 aliphatic rings. The average molecular weight is 273 g/mol. The molecule has 0 spiro atoms. The van der Waals surface area contributed by atoms with Gasteiger partial charge in [-0.15, -0.1) is 11.3 Å². The summed E-state index contributed by atoms with van der Waals surface area (Å²) in [5, 5.41) is 3.46. The Morgan fingerprint density at radius 3 is 2.53 bits per heavy atom. The molecule has 0 bridgehead atoms. The molecule has 2 heterocycles. The lowest BCUT2D eigenvalue weighted by Gasteiger charge is -2.22. The van der Waals surface area contributed by atoms with Gasteiger partial charge in [-0.05, 0) is 31.4 Å². The minimum absolute atomic E-state index is 0.343. The highest BCUT2D eigenvalue weighted by atomic mass is 32.2. The molecule has 3 nitrogen and oxygen atoms in total. The molecule has 5 heteroatoms. The molecule has 0 unspecified atom stereocenters. The summed E-state index contributed by atoms with van der Waals surface area (Å²) in [5.74, 6) is 0.685. The van der Waals surface area contributed by atoms with Gasteiger partial charge in [-0.25, -0.2) is 8.42 Å². The topological polar surface area (TPSA) is 46.2 Å². The zero-order valence-corrected chi connectivity index (χ0v) is 11.7. The minimum Gasteiger partial charge on any atom is -0.309 e. The number of hydrogen-bond acceptors (Lipinski definition) is 4. The van der Waals surface area contributed by atoms with Crippen molar-refractivity contribution in [3.8, 4) is 0 Å². The molecule has 1 N–H and O–H groups in total. The summed E-state index contributed by atoms with van der Waals surface area (Å²) in [5.41, 5.74) is 0. The second-order valence-corrected chi connectivity index (χ2v) is 8.09. The molecule has 0 amide bonds. The highest BCUT2D eigenvalue weighted by Gasteiger charge is 2.22. The molecule has 1 fully saturated rings. The van der Waals surface area contributed by atoms with Crippen molar-refractivity contribution in [2.75, 3.05) is 11.5 Å². The van der Waals surface area contributed by atoms with Crippen LogP contribution in [-0.2, 0) is 22.8 Å². The van der Waals surface area contributed by atoms with E-state index in [1.807, 2.05) is 11.3 Å². The van der Waals surface area contributed by atoms with Crippen molar-refractivity contribution < 1.29 is 8.42 Å². The van der Waals surface area contributed by atoms with Crippen LogP contribution >= 0.6 is 11.3 Å². The number of nitrogens with one attached hydrogen (secondary N) is 1. The molecule has 0 saturated carbocycles. The smallest absolute Gasteiger partial charge is 0.150 e. The van der Waals surface area contributed by atoms with E-state index in [1.165, 1.54) is 9.75 Å². The van der Waals surface area contributed by atoms with Gasteiger partial charge in [0.1, 0.15) is 9.84 Å². The number of aryl methyl sites for hydroxylation is 1. The third-order valence-corrected chi connectivity index (χ3v) is 6.13. The van der Waals surface area contributed by atoms with E-state index in [-0.39, 0.29) is 0 Å². The van der Waals surface area contributed by atoms with Crippen molar-refractivity contribution in [2.45, 2.75) is 38.8 Å². The third kappa shape index (κ3) is 3.79. The Morgan fingerprint density at radius 1 is 1.29 bits per heavy atom. The predicted octanol–water partition coefficient (Wildman–Crippen LogP) is 1.98. The van der Waals surface area contributed by atoms with Gasteiger partial charge in [-0.3, -0.25) is 0 Å². The Labute approximate surface area is 107 Å². The maximum absolute atomic E-state index is 11.3. The second kappa shape index (κ2) is 5.50. The summed E-state index contributed by atoms with van der Waals surface area (Å²) < 4.78 is 22.6. The van der Waals surface area contributed by atoms with Crippen molar-refractivity contribution in [3.05, 3.63) is 21.9 Å². The maximum atomic E-state index is 11.3. The van der Waals surface area contributed by atoms with E-state index in [4.69, 9.17) is 0 Å². The Kier molecular flexibility index (Phi) is 4.22. The van der Waals surface area contributed by atoms with E-state index in [9.17, 15) is 8.42 Å². The zero-order chi connectivity index (χ0) is 12.3. The molecule has 0 aliphatic carbocycles. The first-order valence-corrected chi connectivity index (χ1v) is 8.74. The van der Waals surface area contributed by atoms with Crippen molar-refractivity contribution in [3.63, 3.8) is 0 Å². The Hall–Kier alpha value is -0.390. The largest absolute Gasteiger partial charge is 0.309 e. The molecule has 2 rings (SSSR count). The molecule has 0 atom stereocenters. The van der Waals surface area contributed by atoms with E-state index >= 15 is 0 Å². The first kappa shape index (κ1) is 13.1. The van der Waals surface area contributed by atoms with Gasteiger partial charge in [-0.1, -0.05) is 6.92 Å². The quantitative estimate of drug-likeness (QED) is 0.912. The SMILES string of the molecule is CCc1ccc(CNC2CCS(=O)(=O)CC2)s1. The molecule has 1 aromatic rings. The van der Waals surface area contributed by atoms with E-state index < -0.39 is 9.84 Å². The average Bonchev–Trinajstić information content (AvgIpc) is 2.75. The Morgan fingerprint density at radius 2 is 1.94 bits per heavy atom. The van der Waals surface area contributed by atoms with Crippen molar-refractivity contribution in [1.82, 2.24) is 5.32 Å². The summed E-state index contributed by atoms with van der Waals surface area (Å²) in [4.78, 5) is 2.75. The highest BCUT2D eigenvalue weighted by Crippen LogP contribution is 2.18. The summed E-state index contributed by atoms with van der Waals surface area (Å²) >= 11 is 1.84. The van der Waals surface area contributed by atoms with Gasteiger partial charge in [0.05, 0.1) is 11.5 Å². The number of rotatable bonds is 4. The molecule has 0 aromatic carbocycles. The molecule has 17 heavy (non-hydrogen) atoms. The van der Waals surface area contributed by atoms with Crippen LogP contribution in [0.1, 0.15) is 29.5 Å². The molecule has 0 radical (unpaired) electrons. The molecule has 1 aliphatic heterocycles. The highest BCUT2D eigenvalue weighted by molar-refractivity contribution is 7.91. The predicted molar refractivity (Wildman–Crippen MR) is 72.2 cm³/mol. The molecule has 1 aromatic heterocycles. The van der Waals surface area contributed by atoms with Crippen molar-refractivity contribution in [2.24, 2.45) is 0 Å². The van der Waals surface area contributed by atoms with Crippen LogP contribution in [0.25, 0.3) is 0 Å². The van der Waals surface area contributed by atoms with Gasteiger partial charge >= 0.3 is 0 Å². The minimum atomic E-state index is -2.74. The van der Waals surface area contributed by atoms with Gasteiger partial charge in [0, 0.05) is 22.3 Å². The lowest BCUT2D eigenvalue weighted by molar-refractivity contribution is 0.465. The Bertz CT molecular complexity index is 451. The van der Waals surface area contributed by atoms with E-state index in [1.54, 1.807) is 0 Å². The fraction of sp³-hybridized carbons (Fsp3) is 0.667. The summed E-state index contributed by atoms with van der Waals surface area (Å²) in [6, 6.07) is 4.70. The number of hydrogen-bond donors (Lipinski definition) is 1. The van der Waals surface area contributed by atoms with Crippen LogP contribution in [0.2, 0.25) is 0 Å². The molecule has 96 valence electrons. The monoisotopic (exact) mass is 273 g/mol. The zero-order valence-electron chi connectivity index (χ0n) is 10.1. The molecular formula is C12H19NO2S2. The standard InChI is InChI=1S/C12H19NO2S2/c1-2-11-3-4-12(16-11)9-13-10-5-7-17(14,15)8-6-10/h3-4,10,13H,2,5-9H2,1H3. The third-order valence-electron chi connectivity index (χ3n) is 3.19. The van der Waals surface area contributed by atoms with Crippen LogP contribution in [0, 0.1) is 0 Å². The first-order chi connectivity index (χ1) is 8.09. The lowest BCUT2D eigenvalue weighted by atomic mass is 10.1. The van der Waals surface area contributed by atoms with Crippen LogP contribution in [-0.4, -0.2) is 26.0 Å². The molecule has 1 saturated heterocycles. The van der Waals surface area contributed by atoms with Crippen molar-refractivity contribution >= 4 is 21.2 Å². The number of sulfone groups is 1. The van der Waals surface area contributed by atoms with Crippen LogP contribution in [0.5, 0.6) is 0 Å².